The number of benzene rings is 1. The van der Waals surface area contributed by atoms with E-state index in [1.54, 1.807) is 12.1 Å². The zero-order valence-electron chi connectivity index (χ0n) is 15.8. The van der Waals surface area contributed by atoms with Crippen LogP contribution in [-0.4, -0.2) is 13.0 Å². The Morgan fingerprint density at radius 3 is 2.16 bits per heavy atom. The van der Waals surface area contributed by atoms with Crippen molar-refractivity contribution in [3.8, 4) is 0 Å². The van der Waals surface area contributed by atoms with Crippen molar-refractivity contribution in [3.63, 3.8) is 0 Å². The van der Waals surface area contributed by atoms with Gasteiger partial charge in [0, 0.05) is 0 Å². The van der Waals surface area contributed by atoms with Crippen LogP contribution in [-0.2, 0) is 16.5 Å². The van der Waals surface area contributed by atoms with Crippen LogP contribution in [0.5, 0.6) is 0 Å². The van der Waals surface area contributed by atoms with Gasteiger partial charge in [-0.25, -0.2) is 0 Å². The van der Waals surface area contributed by atoms with Crippen LogP contribution in [0.1, 0.15) is 82.3 Å². The van der Waals surface area contributed by atoms with Gasteiger partial charge in [0.25, 0.3) is 10.1 Å². The molecule has 0 atom stereocenters. The first kappa shape index (κ1) is 20.4. The van der Waals surface area contributed by atoms with Gasteiger partial charge in [0.1, 0.15) is 0 Å². The number of unbranched alkanes of at least 4 members (excludes halogenated alkanes) is 2. The van der Waals surface area contributed by atoms with Gasteiger partial charge in [-0.2, -0.15) is 8.42 Å². The van der Waals surface area contributed by atoms with E-state index in [-0.39, 0.29) is 4.90 Å². The highest BCUT2D eigenvalue weighted by Gasteiger charge is 2.20. The number of hydrogen-bond donors (Lipinski definition) is 1. The van der Waals surface area contributed by atoms with E-state index in [2.05, 4.69) is 6.92 Å². The third-order valence-electron chi connectivity index (χ3n) is 5.86. The maximum absolute atomic E-state index is 11.3. The van der Waals surface area contributed by atoms with E-state index in [1.807, 2.05) is 6.92 Å². The Kier molecular flexibility index (Phi) is 7.95. The molecule has 3 nitrogen and oxygen atoms in total. The lowest BCUT2D eigenvalue weighted by Gasteiger charge is -2.28. The lowest BCUT2D eigenvalue weighted by molar-refractivity contribution is 0.246. The predicted octanol–water partition coefficient (Wildman–Crippen LogP) is 5.95. The minimum absolute atomic E-state index is 0.0145. The molecule has 0 unspecified atom stereocenters. The number of hydrogen-bond acceptors (Lipinski definition) is 2. The first-order chi connectivity index (χ1) is 11.9. The van der Waals surface area contributed by atoms with Crippen LogP contribution in [0.4, 0.5) is 0 Å². The molecule has 0 heterocycles. The van der Waals surface area contributed by atoms with Gasteiger partial charge in [-0.05, 0) is 54.9 Å². The van der Waals surface area contributed by atoms with Gasteiger partial charge in [-0.1, -0.05) is 70.8 Å². The average Bonchev–Trinajstić information content (AvgIpc) is 2.57. The van der Waals surface area contributed by atoms with Crippen molar-refractivity contribution < 1.29 is 13.0 Å². The highest BCUT2D eigenvalue weighted by Crippen LogP contribution is 2.34. The van der Waals surface area contributed by atoms with Crippen LogP contribution in [0.15, 0.2) is 23.1 Å². The maximum Gasteiger partial charge on any atom is 0.294 e. The quantitative estimate of drug-likeness (QED) is 0.434. The predicted molar refractivity (Wildman–Crippen MR) is 104 cm³/mol. The summed E-state index contributed by atoms with van der Waals surface area (Å²) in [5, 5.41) is 0. The summed E-state index contributed by atoms with van der Waals surface area (Å²) in [6.07, 6.45) is 14.2. The summed E-state index contributed by atoms with van der Waals surface area (Å²) in [4.78, 5) is 0.0145. The fourth-order valence-corrected chi connectivity index (χ4v) is 4.68. The van der Waals surface area contributed by atoms with Crippen LogP contribution in [0.25, 0.3) is 0 Å². The second kappa shape index (κ2) is 9.72. The van der Waals surface area contributed by atoms with E-state index >= 15 is 0 Å². The zero-order chi connectivity index (χ0) is 18.3. The first-order valence-corrected chi connectivity index (χ1v) is 11.4. The molecule has 0 spiro atoms. The van der Waals surface area contributed by atoms with Crippen molar-refractivity contribution in [1.29, 1.82) is 0 Å². The fourth-order valence-electron chi connectivity index (χ4n) is 4.15. The highest BCUT2D eigenvalue weighted by atomic mass is 32.2. The average molecular weight is 367 g/mol. The number of rotatable bonds is 9. The van der Waals surface area contributed by atoms with Crippen molar-refractivity contribution in [2.24, 2.45) is 11.8 Å². The second-order valence-electron chi connectivity index (χ2n) is 7.84. The summed E-state index contributed by atoms with van der Waals surface area (Å²) in [6, 6.07) is 4.91. The van der Waals surface area contributed by atoms with Gasteiger partial charge in [-0.3, -0.25) is 4.55 Å². The molecule has 1 saturated carbocycles. The Morgan fingerprint density at radius 2 is 1.60 bits per heavy atom. The molecule has 0 aromatic heterocycles. The molecule has 0 amide bonds. The molecule has 1 aliphatic carbocycles. The largest absolute Gasteiger partial charge is 0.294 e. The molecule has 0 bridgehead atoms. The lowest BCUT2D eigenvalue weighted by Crippen LogP contribution is -2.14. The van der Waals surface area contributed by atoms with Crippen molar-refractivity contribution in [3.05, 3.63) is 29.3 Å². The molecule has 1 aliphatic rings. The Morgan fingerprint density at radius 1 is 1.00 bits per heavy atom. The Balaban J connectivity index is 1.75. The molecular weight excluding hydrogens is 332 g/mol. The summed E-state index contributed by atoms with van der Waals surface area (Å²) in [5.41, 5.74) is 2.15. The zero-order valence-corrected chi connectivity index (χ0v) is 16.7. The van der Waals surface area contributed by atoms with Crippen LogP contribution in [0.3, 0.4) is 0 Å². The normalized spacial score (nSPS) is 21.4. The first-order valence-electron chi connectivity index (χ1n) is 9.97. The Labute approximate surface area is 154 Å². The summed E-state index contributed by atoms with van der Waals surface area (Å²) < 4.78 is 31.8. The van der Waals surface area contributed by atoms with Crippen LogP contribution >= 0.6 is 0 Å². The molecule has 0 radical (unpaired) electrons. The van der Waals surface area contributed by atoms with Crippen molar-refractivity contribution >= 4 is 10.1 Å². The molecule has 1 fully saturated rings. The molecule has 1 aromatic carbocycles. The van der Waals surface area contributed by atoms with Crippen molar-refractivity contribution in [2.75, 3.05) is 0 Å². The van der Waals surface area contributed by atoms with Gasteiger partial charge >= 0.3 is 0 Å². The molecule has 4 heteroatoms. The fraction of sp³-hybridized carbons (Fsp3) is 0.714. The smallest absolute Gasteiger partial charge is 0.282 e. The van der Waals surface area contributed by atoms with Crippen LogP contribution in [0, 0.1) is 18.8 Å². The van der Waals surface area contributed by atoms with E-state index in [0.717, 1.165) is 35.8 Å². The van der Waals surface area contributed by atoms with E-state index in [1.165, 1.54) is 63.9 Å². The number of aryl methyl sites for hydroxylation is 2. The third-order valence-corrected chi connectivity index (χ3v) is 6.71. The van der Waals surface area contributed by atoms with E-state index in [0.29, 0.717) is 0 Å². The van der Waals surface area contributed by atoms with Gasteiger partial charge in [-0.15, -0.1) is 0 Å². The molecule has 0 saturated heterocycles. The van der Waals surface area contributed by atoms with Crippen molar-refractivity contribution in [1.82, 2.24) is 0 Å². The molecule has 0 aliphatic heterocycles. The van der Waals surface area contributed by atoms with Crippen LogP contribution in [0.2, 0.25) is 0 Å². The third kappa shape index (κ3) is 6.74. The summed E-state index contributed by atoms with van der Waals surface area (Å²) in [7, 11) is -4.10. The summed E-state index contributed by atoms with van der Waals surface area (Å²) in [5.74, 6) is 1.80. The van der Waals surface area contributed by atoms with Gasteiger partial charge in [0.15, 0.2) is 0 Å². The Bertz CT molecular complexity index is 629. The van der Waals surface area contributed by atoms with Crippen LogP contribution < -0.4 is 0 Å². The highest BCUT2D eigenvalue weighted by molar-refractivity contribution is 7.85. The molecule has 2 rings (SSSR count). The summed E-state index contributed by atoms with van der Waals surface area (Å²) in [6.45, 7) is 4.27. The lowest BCUT2D eigenvalue weighted by atomic mass is 9.78. The minimum Gasteiger partial charge on any atom is -0.282 e. The topological polar surface area (TPSA) is 54.4 Å². The molecule has 25 heavy (non-hydrogen) atoms. The second-order valence-corrected chi connectivity index (χ2v) is 9.26. The summed E-state index contributed by atoms with van der Waals surface area (Å²) >= 11 is 0. The van der Waals surface area contributed by atoms with E-state index in [4.69, 9.17) is 0 Å². The monoisotopic (exact) mass is 366 g/mol. The van der Waals surface area contributed by atoms with Crippen molar-refractivity contribution in [2.45, 2.75) is 89.4 Å². The molecule has 142 valence electrons. The minimum atomic E-state index is -4.10. The maximum atomic E-state index is 11.3. The van der Waals surface area contributed by atoms with Gasteiger partial charge in [0.05, 0.1) is 4.90 Å². The molecule has 1 aromatic rings. The van der Waals surface area contributed by atoms with Gasteiger partial charge < -0.3 is 0 Å². The SMILES string of the molecule is CCCCC[C@H]1CC[C@H](CCCc2cc(S(=O)(=O)O)ccc2C)CC1. The van der Waals surface area contributed by atoms with Gasteiger partial charge in [0.2, 0.25) is 0 Å². The van der Waals surface area contributed by atoms with E-state index in [9.17, 15) is 13.0 Å². The molecule has 1 N–H and O–H groups in total. The molecular formula is C21H34O3S. The van der Waals surface area contributed by atoms with E-state index < -0.39 is 10.1 Å². The Hall–Kier alpha value is -0.870. The standard InChI is InChI=1S/C21H34O3S/c1-3-4-5-7-18-11-13-19(14-12-18)8-6-9-20-16-21(25(22,23)24)15-10-17(20)2/h10,15-16,18-19H,3-9,11-14H2,1-2H3,(H,22,23,24)/t18-,19-.